The van der Waals surface area contributed by atoms with Gasteiger partial charge in [-0.3, -0.25) is 9.78 Å². The molecule has 25 heavy (non-hydrogen) atoms. The van der Waals surface area contributed by atoms with Gasteiger partial charge in [0.25, 0.3) is 5.91 Å². The van der Waals surface area contributed by atoms with Gasteiger partial charge in [-0.15, -0.1) is 0 Å². The molecule has 1 aromatic carbocycles. The Bertz CT molecular complexity index is 730. The van der Waals surface area contributed by atoms with Crippen molar-refractivity contribution in [2.24, 2.45) is 11.7 Å². The highest BCUT2D eigenvalue weighted by atomic mass is 16.5. The van der Waals surface area contributed by atoms with Crippen LogP contribution in [0.4, 0.5) is 0 Å². The van der Waals surface area contributed by atoms with Gasteiger partial charge in [0.2, 0.25) is 0 Å². The molecular weight excluding hydrogens is 314 g/mol. The fraction of sp³-hybridized carbons (Fsp3) is 0.400. The molecule has 5 nitrogen and oxygen atoms in total. The number of hydrogen-bond donors (Lipinski definition) is 1. The third-order valence-corrected chi connectivity index (χ3v) is 4.92. The van der Waals surface area contributed by atoms with Gasteiger partial charge in [-0.05, 0) is 42.5 Å². The number of ether oxygens (including phenoxy) is 1. The minimum absolute atomic E-state index is 0.0187. The number of nitrogens with two attached hydrogens (primary N) is 1. The Morgan fingerprint density at radius 3 is 2.72 bits per heavy atom. The first kappa shape index (κ1) is 17.4. The first-order valence-electron chi connectivity index (χ1n) is 8.73. The minimum Gasteiger partial charge on any atom is -0.497 e. The molecule has 2 aromatic rings. The highest BCUT2D eigenvalue weighted by Crippen LogP contribution is 2.26. The van der Waals surface area contributed by atoms with Gasteiger partial charge in [0.1, 0.15) is 5.75 Å². The summed E-state index contributed by atoms with van der Waals surface area (Å²) < 4.78 is 5.19. The van der Waals surface area contributed by atoms with E-state index in [0.29, 0.717) is 18.0 Å². The number of likely N-dealkylation sites (tertiary alicyclic amines) is 1. The Morgan fingerprint density at radius 1 is 1.28 bits per heavy atom. The second kappa shape index (κ2) is 7.66. The van der Waals surface area contributed by atoms with Crippen molar-refractivity contribution < 1.29 is 9.53 Å². The number of aromatic nitrogens is 1. The van der Waals surface area contributed by atoms with E-state index in [2.05, 4.69) is 11.9 Å². The van der Waals surface area contributed by atoms with Gasteiger partial charge in [0, 0.05) is 37.1 Å². The van der Waals surface area contributed by atoms with E-state index in [1.165, 1.54) is 0 Å². The van der Waals surface area contributed by atoms with Crippen molar-refractivity contribution >= 4 is 5.91 Å². The van der Waals surface area contributed by atoms with Gasteiger partial charge in [-0.25, -0.2) is 0 Å². The lowest BCUT2D eigenvalue weighted by molar-refractivity contribution is 0.0573. The van der Waals surface area contributed by atoms with Crippen LogP contribution in [0.5, 0.6) is 5.75 Å². The smallest absolute Gasteiger partial charge is 0.255 e. The molecule has 5 heteroatoms. The van der Waals surface area contributed by atoms with Gasteiger partial charge in [0.15, 0.2) is 0 Å². The Balaban J connectivity index is 1.83. The van der Waals surface area contributed by atoms with Crippen molar-refractivity contribution in [2.75, 3.05) is 20.2 Å². The van der Waals surface area contributed by atoms with Crippen molar-refractivity contribution in [3.8, 4) is 16.9 Å². The second-order valence-corrected chi connectivity index (χ2v) is 6.71. The monoisotopic (exact) mass is 339 g/mol. The number of hydrogen-bond acceptors (Lipinski definition) is 4. The van der Waals surface area contributed by atoms with E-state index in [4.69, 9.17) is 10.5 Å². The first-order valence-corrected chi connectivity index (χ1v) is 8.73. The van der Waals surface area contributed by atoms with E-state index in [0.717, 1.165) is 36.3 Å². The van der Waals surface area contributed by atoms with Gasteiger partial charge >= 0.3 is 0 Å². The standard InChI is InChI=1S/C20H25N3O2/c1-14-7-8-23(18(9-14)11-21)20(24)17-10-16(12-22-13-17)15-3-5-19(25-2)6-4-15/h3-6,10,12-14,18H,7-9,11,21H2,1-2H3. The van der Waals surface area contributed by atoms with Gasteiger partial charge in [0.05, 0.1) is 12.7 Å². The van der Waals surface area contributed by atoms with Crippen LogP contribution >= 0.6 is 0 Å². The molecule has 132 valence electrons. The number of amides is 1. The van der Waals surface area contributed by atoms with Gasteiger partial charge in [-0.1, -0.05) is 19.1 Å². The molecule has 0 spiro atoms. The van der Waals surface area contributed by atoms with E-state index in [9.17, 15) is 4.79 Å². The summed E-state index contributed by atoms with van der Waals surface area (Å²) in [7, 11) is 1.64. The van der Waals surface area contributed by atoms with Crippen LogP contribution in [0.3, 0.4) is 0 Å². The molecule has 2 heterocycles. The summed E-state index contributed by atoms with van der Waals surface area (Å²) in [6.45, 7) is 3.48. The quantitative estimate of drug-likeness (QED) is 0.930. The van der Waals surface area contributed by atoms with Crippen molar-refractivity contribution in [3.05, 3.63) is 48.3 Å². The highest BCUT2D eigenvalue weighted by molar-refractivity contribution is 5.95. The summed E-state index contributed by atoms with van der Waals surface area (Å²) >= 11 is 0. The number of rotatable bonds is 4. The third-order valence-electron chi connectivity index (χ3n) is 4.92. The average Bonchev–Trinajstić information content (AvgIpc) is 2.67. The fourth-order valence-electron chi connectivity index (χ4n) is 3.41. The summed E-state index contributed by atoms with van der Waals surface area (Å²) in [5.74, 6) is 1.43. The zero-order valence-electron chi connectivity index (χ0n) is 14.8. The molecule has 1 saturated heterocycles. The summed E-state index contributed by atoms with van der Waals surface area (Å²) in [5, 5.41) is 0. The molecule has 2 N–H and O–H groups in total. The van der Waals surface area contributed by atoms with Gasteiger partial charge < -0.3 is 15.4 Å². The van der Waals surface area contributed by atoms with Crippen molar-refractivity contribution in [2.45, 2.75) is 25.8 Å². The van der Waals surface area contributed by atoms with Crippen molar-refractivity contribution in [1.29, 1.82) is 0 Å². The van der Waals surface area contributed by atoms with Crippen LogP contribution in [-0.2, 0) is 0 Å². The molecule has 0 radical (unpaired) electrons. The lowest BCUT2D eigenvalue weighted by Crippen LogP contribution is -2.49. The molecule has 0 aliphatic carbocycles. The minimum atomic E-state index is 0.0187. The Hall–Kier alpha value is -2.40. The molecule has 1 aliphatic rings. The maximum absolute atomic E-state index is 13.0. The zero-order valence-corrected chi connectivity index (χ0v) is 14.8. The first-order chi connectivity index (χ1) is 12.1. The number of nitrogens with zero attached hydrogens (tertiary/aromatic N) is 2. The molecule has 0 bridgehead atoms. The van der Waals surface area contributed by atoms with E-state index in [1.807, 2.05) is 35.2 Å². The van der Waals surface area contributed by atoms with Crippen LogP contribution in [0.25, 0.3) is 11.1 Å². The van der Waals surface area contributed by atoms with E-state index in [1.54, 1.807) is 19.5 Å². The molecule has 3 rings (SSSR count). The number of methoxy groups -OCH3 is 1. The molecule has 1 aliphatic heterocycles. The number of pyridine rings is 1. The molecule has 0 saturated carbocycles. The van der Waals surface area contributed by atoms with Crippen LogP contribution in [0.15, 0.2) is 42.7 Å². The number of carbonyl (C=O) groups is 1. The molecule has 1 fully saturated rings. The van der Waals surface area contributed by atoms with E-state index in [-0.39, 0.29) is 11.9 Å². The Kier molecular flexibility index (Phi) is 5.34. The predicted molar refractivity (Wildman–Crippen MR) is 98.5 cm³/mol. The second-order valence-electron chi connectivity index (χ2n) is 6.71. The fourth-order valence-corrected chi connectivity index (χ4v) is 3.41. The van der Waals surface area contributed by atoms with Crippen LogP contribution in [0.1, 0.15) is 30.1 Å². The zero-order chi connectivity index (χ0) is 17.8. The number of carbonyl (C=O) groups excluding carboxylic acids is 1. The van der Waals surface area contributed by atoms with Crippen LogP contribution in [0, 0.1) is 5.92 Å². The normalized spacial score (nSPS) is 20.4. The van der Waals surface area contributed by atoms with Gasteiger partial charge in [-0.2, -0.15) is 0 Å². The molecule has 1 amide bonds. The Morgan fingerprint density at radius 2 is 2.04 bits per heavy atom. The summed E-state index contributed by atoms with van der Waals surface area (Å²) in [6, 6.07) is 9.76. The lowest BCUT2D eigenvalue weighted by Gasteiger charge is -2.38. The van der Waals surface area contributed by atoms with Crippen molar-refractivity contribution in [3.63, 3.8) is 0 Å². The molecule has 2 unspecified atom stereocenters. The van der Waals surface area contributed by atoms with Crippen LogP contribution < -0.4 is 10.5 Å². The number of benzene rings is 1. The SMILES string of the molecule is COc1ccc(-c2cncc(C(=O)N3CCC(C)CC3CN)c2)cc1. The largest absolute Gasteiger partial charge is 0.497 e. The van der Waals surface area contributed by atoms with Crippen molar-refractivity contribution in [1.82, 2.24) is 9.88 Å². The molecule has 2 atom stereocenters. The molecule has 1 aromatic heterocycles. The maximum Gasteiger partial charge on any atom is 0.255 e. The Labute approximate surface area is 148 Å². The highest BCUT2D eigenvalue weighted by Gasteiger charge is 2.29. The van der Waals surface area contributed by atoms with Crippen LogP contribution in [-0.4, -0.2) is 42.0 Å². The summed E-state index contributed by atoms with van der Waals surface area (Å²) in [6.07, 6.45) is 5.40. The lowest BCUT2D eigenvalue weighted by atomic mass is 9.92. The average molecular weight is 339 g/mol. The topological polar surface area (TPSA) is 68.5 Å². The maximum atomic E-state index is 13.0. The van der Waals surface area contributed by atoms with Crippen LogP contribution in [0.2, 0.25) is 0 Å². The predicted octanol–water partition coefficient (Wildman–Crippen LogP) is 2.96. The summed E-state index contributed by atoms with van der Waals surface area (Å²) in [4.78, 5) is 19.2. The number of piperidine rings is 1. The third kappa shape index (κ3) is 3.82. The summed E-state index contributed by atoms with van der Waals surface area (Å²) in [5.41, 5.74) is 8.44. The van der Waals surface area contributed by atoms with E-state index < -0.39 is 0 Å². The van der Waals surface area contributed by atoms with E-state index >= 15 is 0 Å². The molecular formula is C20H25N3O2.